The summed E-state index contributed by atoms with van der Waals surface area (Å²) in [7, 11) is 1.55. The van der Waals surface area contributed by atoms with E-state index < -0.39 is 0 Å². The molecule has 1 saturated carbocycles. The number of benzene rings is 1. The van der Waals surface area contributed by atoms with Crippen LogP contribution >= 0.6 is 0 Å². The fourth-order valence-electron chi connectivity index (χ4n) is 3.18. The Labute approximate surface area is 159 Å². The molecule has 144 valence electrons. The van der Waals surface area contributed by atoms with Gasteiger partial charge in [-0.3, -0.25) is 9.78 Å². The van der Waals surface area contributed by atoms with Gasteiger partial charge in [0.1, 0.15) is 11.9 Å². The Morgan fingerprint density at radius 1 is 1.15 bits per heavy atom. The van der Waals surface area contributed by atoms with Crippen LogP contribution in [0.1, 0.15) is 43.0 Å². The van der Waals surface area contributed by atoms with Crippen LogP contribution in [0.25, 0.3) is 0 Å². The zero-order valence-corrected chi connectivity index (χ0v) is 15.7. The molecule has 1 fully saturated rings. The van der Waals surface area contributed by atoms with Crippen molar-refractivity contribution >= 4 is 5.91 Å². The predicted molar refractivity (Wildman–Crippen MR) is 100 cm³/mol. The van der Waals surface area contributed by atoms with Gasteiger partial charge in [-0.05, 0) is 44.7 Å². The van der Waals surface area contributed by atoms with Crippen molar-refractivity contribution < 1.29 is 19.0 Å². The monoisotopic (exact) mass is 371 g/mol. The van der Waals surface area contributed by atoms with Crippen molar-refractivity contribution in [2.24, 2.45) is 0 Å². The molecule has 7 nitrogen and oxygen atoms in total. The molecule has 7 heteroatoms. The van der Waals surface area contributed by atoms with Gasteiger partial charge in [0.15, 0.2) is 0 Å². The number of rotatable bonds is 7. The Morgan fingerprint density at radius 2 is 1.89 bits per heavy atom. The highest BCUT2D eigenvalue weighted by Gasteiger charge is 2.25. The molecule has 0 saturated heterocycles. The van der Waals surface area contributed by atoms with Crippen molar-refractivity contribution in [1.82, 2.24) is 15.3 Å². The second-order valence-corrected chi connectivity index (χ2v) is 6.39. The molecule has 0 atom stereocenters. The number of para-hydroxylation sites is 1. The number of ether oxygens (including phenoxy) is 3. The van der Waals surface area contributed by atoms with Crippen LogP contribution in [0, 0.1) is 0 Å². The first-order valence-corrected chi connectivity index (χ1v) is 9.25. The largest absolute Gasteiger partial charge is 0.493 e. The molecule has 1 amide bonds. The summed E-state index contributed by atoms with van der Waals surface area (Å²) in [5, 5.41) is 3.11. The quantitative estimate of drug-likeness (QED) is 0.806. The zero-order chi connectivity index (χ0) is 19.1. The normalized spacial score (nSPS) is 19.2. The van der Waals surface area contributed by atoms with E-state index >= 15 is 0 Å². The SMILES string of the molecule is CCOc1ccccc1C(=O)NC1CCC(Oc2cncc(OC)n2)CC1. The van der Waals surface area contributed by atoms with Gasteiger partial charge in [0, 0.05) is 6.04 Å². The molecule has 0 radical (unpaired) electrons. The molecule has 3 rings (SSSR count). The highest BCUT2D eigenvalue weighted by atomic mass is 16.5. The van der Waals surface area contributed by atoms with E-state index in [0.29, 0.717) is 29.7 Å². The third-order valence-electron chi connectivity index (χ3n) is 4.53. The molecule has 0 aliphatic heterocycles. The minimum absolute atomic E-state index is 0.0651. The first kappa shape index (κ1) is 18.9. The van der Waals surface area contributed by atoms with Crippen LogP contribution in [-0.4, -0.2) is 41.7 Å². The molecule has 1 aliphatic carbocycles. The third-order valence-corrected chi connectivity index (χ3v) is 4.53. The fraction of sp³-hybridized carbons (Fsp3) is 0.450. The Morgan fingerprint density at radius 3 is 2.63 bits per heavy atom. The van der Waals surface area contributed by atoms with Crippen molar-refractivity contribution in [3.05, 3.63) is 42.2 Å². The third kappa shape index (κ3) is 5.09. The fourth-order valence-corrected chi connectivity index (χ4v) is 3.18. The number of hydrogen-bond donors (Lipinski definition) is 1. The van der Waals surface area contributed by atoms with Crippen molar-refractivity contribution in [3.63, 3.8) is 0 Å². The van der Waals surface area contributed by atoms with Crippen LogP contribution in [0.2, 0.25) is 0 Å². The number of aromatic nitrogens is 2. The standard InChI is InChI=1S/C20H25N3O4/c1-3-26-17-7-5-4-6-16(17)20(24)22-14-8-10-15(11-9-14)27-19-13-21-12-18(23-19)25-2/h4-7,12-15H,3,8-11H2,1-2H3,(H,22,24). The number of amides is 1. The van der Waals surface area contributed by atoms with E-state index in [1.54, 1.807) is 25.6 Å². The summed E-state index contributed by atoms with van der Waals surface area (Å²) in [6, 6.07) is 7.45. The summed E-state index contributed by atoms with van der Waals surface area (Å²) in [4.78, 5) is 20.9. The lowest BCUT2D eigenvalue weighted by Gasteiger charge is -2.29. The van der Waals surface area contributed by atoms with Gasteiger partial charge in [-0.1, -0.05) is 12.1 Å². The van der Waals surface area contributed by atoms with E-state index in [4.69, 9.17) is 14.2 Å². The Balaban J connectivity index is 1.51. The van der Waals surface area contributed by atoms with E-state index in [-0.39, 0.29) is 18.1 Å². The van der Waals surface area contributed by atoms with Crippen molar-refractivity contribution in [2.45, 2.75) is 44.8 Å². The summed E-state index contributed by atoms with van der Waals surface area (Å²) in [6.07, 6.45) is 6.58. The van der Waals surface area contributed by atoms with Crippen LogP contribution in [-0.2, 0) is 0 Å². The van der Waals surface area contributed by atoms with Gasteiger partial charge in [0.25, 0.3) is 5.91 Å². The molecule has 1 heterocycles. The topological polar surface area (TPSA) is 82.6 Å². The summed E-state index contributed by atoms with van der Waals surface area (Å²) in [5.74, 6) is 1.42. The van der Waals surface area contributed by atoms with E-state index in [1.807, 2.05) is 25.1 Å². The Hall–Kier alpha value is -2.83. The highest BCUT2D eigenvalue weighted by Crippen LogP contribution is 2.24. The van der Waals surface area contributed by atoms with E-state index in [9.17, 15) is 4.79 Å². The number of methoxy groups -OCH3 is 1. The summed E-state index contributed by atoms with van der Waals surface area (Å²) in [6.45, 7) is 2.43. The zero-order valence-electron chi connectivity index (χ0n) is 15.7. The minimum Gasteiger partial charge on any atom is -0.493 e. The van der Waals surface area contributed by atoms with E-state index in [2.05, 4.69) is 15.3 Å². The Bertz CT molecular complexity index is 760. The molecule has 0 bridgehead atoms. The Kier molecular flexibility index (Phi) is 6.46. The van der Waals surface area contributed by atoms with Crippen molar-refractivity contribution in [1.29, 1.82) is 0 Å². The lowest BCUT2D eigenvalue weighted by atomic mass is 9.92. The summed E-state index contributed by atoms with van der Waals surface area (Å²) >= 11 is 0. The molecule has 1 N–H and O–H groups in total. The van der Waals surface area contributed by atoms with Crippen LogP contribution in [0.3, 0.4) is 0 Å². The van der Waals surface area contributed by atoms with Crippen LogP contribution in [0.5, 0.6) is 17.5 Å². The number of nitrogens with zero attached hydrogens (tertiary/aromatic N) is 2. The van der Waals surface area contributed by atoms with Gasteiger partial charge in [0.05, 0.1) is 31.7 Å². The van der Waals surface area contributed by atoms with Gasteiger partial charge in [-0.15, -0.1) is 0 Å². The lowest BCUT2D eigenvalue weighted by molar-refractivity contribution is 0.0885. The molecule has 0 spiro atoms. The predicted octanol–water partition coefficient (Wildman–Crippen LogP) is 3.00. The van der Waals surface area contributed by atoms with Crippen molar-refractivity contribution in [3.8, 4) is 17.5 Å². The van der Waals surface area contributed by atoms with Gasteiger partial charge in [0.2, 0.25) is 11.8 Å². The second-order valence-electron chi connectivity index (χ2n) is 6.39. The second kappa shape index (κ2) is 9.21. The average Bonchev–Trinajstić information content (AvgIpc) is 2.70. The molecule has 1 aromatic heterocycles. The number of hydrogen-bond acceptors (Lipinski definition) is 6. The maximum atomic E-state index is 12.6. The minimum atomic E-state index is -0.0953. The molecule has 27 heavy (non-hydrogen) atoms. The van der Waals surface area contributed by atoms with E-state index in [1.165, 1.54) is 0 Å². The maximum absolute atomic E-state index is 12.6. The van der Waals surface area contributed by atoms with E-state index in [0.717, 1.165) is 25.7 Å². The first-order chi connectivity index (χ1) is 13.2. The highest BCUT2D eigenvalue weighted by molar-refractivity contribution is 5.97. The molecule has 1 aromatic carbocycles. The number of nitrogens with one attached hydrogen (secondary N) is 1. The number of carbonyl (C=O) groups is 1. The summed E-state index contributed by atoms with van der Waals surface area (Å²) < 4.78 is 16.5. The van der Waals surface area contributed by atoms with Crippen LogP contribution in [0.15, 0.2) is 36.7 Å². The molecular weight excluding hydrogens is 346 g/mol. The first-order valence-electron chi connectivity index (χ1n) is 9.25. The average molecular weight is 371 g/mol. The molecule has 0 unspecified atom stereocenters. The van der Waals surface area contributed by atoms with Gasteiger partial charge >= 0.3 is 0 Å². The van der Waals surface area contributed by atoms with Crippen LogP contribution in [0.4, 0.5) is 0 Å². The molecule has 1 aliphatic rings. The smallest absolute Gasteiger partial charge is 0.255 e. The summed E-state index contributed by atoms with van der Waals surface area (Å²) in [5.41, 5.74) is 0.573. The van der Waals surface area contributed by atoms with Crippen LogP contribution < -0.4 is 19.5 Å². The lowest BCUT2D eigenvalue weighted by Crippen LogP contribution is -2.39. The van der Waals surface area contributed by atoms with Crippen molar-refractivity contribution in [2.75, 3.05) is 13.7 Å². The van der Waals surface area contributed by atoms with Gasteiger partial charge in [-0.25, -0.2) is 0 Å². The van der Waals surface area contributed by atoms with Gasteiger partial charge in [-0.2, -0.15) is 4.98 Å². The van der Waals surface area contributed by atoms with Gasteiger partial charge < -0.3 is 19.5 Å². The molecule has 2 aromatic rings. The molecular formula is C20H25N3O4. The number of carbonyl (C=O) groups excluding carboxylic acids is 1. The maximum Gasteiger partial charge on any atom is 0.255 e.